The van der Waals surface area contributed by atoms with Crippen LogP contribution in [0.2, 0.25) is 0 Å². The van der Waals surface area contributed by atoms with Gasteiger partial charge in [-0.05, 0) is 30.0 Å². The Labute approximate surface area is 112 Å². The van der Waals surface area contributed by atoms with Crippen LogP contribution in [-0.4, -0.2) is 23.0 Å². The highest BCUT2D eigenvalue weighted by Crippen LogP contribution is 2.22. The van der Waals surface area contributed by atoms with Crippen LogP contribution in [0.25, 0.3) is 0 Å². The summed E-state index contributed by atoms with van der Waals surface area (Å²) in [5.74, 6) is -1.34. The molecule has 4 N–H and O–H groups in total. The van der Waals surface area contributed by atoms with E-state index in [0.717, 1.165) is 0 Å². The largest absolute Gasteiger partial charge is 0.478 e. The average Bonchev–Trinajstić information content (AvgIpc) is 2.29. The summed E-state index contributed by atoms with van der Waals surface area (Å²) >= 11 is 0. The van der Waals surface area contributed by atoms with Gasteiger partial charge in [0.2, 0.25) is 5.91 Å². The number of nitrogens with one attached hydrogen (secondary N) is 1. The molecule has 5 nitrogen and oxygen atoms in total. The van der Waals surface area contributed by atoms with Crippen LogP contribution in [0.5, 0.6) is 0 Å². The van der Waals surface area contributed by atoms with E-state index in [4.69, 9.17) is 10.8 Å². The van der Waals surface area contributed by atoms with Crippen molar-refractivity contribution in [3.05, 3.63) is 29.3 Å². The fourth-order valence-electron chi connectivity index (χ4n) is 1.61. The monoisotopic (exact) mass is 264 g/mol. The van der Waals surface area contributed by atoms with Gasteiger partial charge in [0.1, 0.15) is 0 Å². The number of carbonyl (C=O) groups is 2. The fraction of sp³-hybridized carbons (Fsp3) is 0.429. The molecule has 1 atom stereocenters. The molecular weight excluding hydrogens is 244 g/mol. The van der Waals surface area contributed by atoms with Crippen molar-refractivity contribution in [3.63, 3.8) is 0 Å². The Bertz CT molecular complexity index is 504. The van der Waals surface area contributed by atoms with Crippen LogP contribution in [0, 0.1) is 12.3 Å². The van der Waals surface area contributed by atoms with Crippen LogP contribution < -0.4 is 11.1 Å². The molecule has 1 unspecified atom stereocenters. The molecule has 0 aliphatic carbocycles. The number of hydrogen-bond acceptors (Lipinski definition) is 3. The highest BCUT2D eigenvalue weighted by atomic mass is 16.4. The van der Waals surface area contributed by atoms with Crippen molar-refractivity contribution in [2.75, 3.05) is 5.32 Å². The van der Waals surface area contributed by atoms with Gasteiger partial charge in [-0.1, -0.05) is 26.8 Å². The molecule has 1 aromatic carbocycles. The molecule has 0 spiro atoms. The number of amides is 1. The maximum Gasteiger partial charge on any atom is 0.336 e. The van der Waals surface area contributed by atoms with Gasteiger partial charge < -0.3 is 16.2 Å². The summed E-state index contributed by atoms with van der Waals surface area (Å²) in [5.41, 5.74) is 6.67. The van der Waals surface area contributed by atoms with Crippen LogP contribution in [0.15, 0.2) is 18.2 Å². The van der Waals surface area contributed by atoms with Gasteiger partial charge in [0.05, 0.1) is 11.6 Å². The minimum absolute atomic E-state index is 0.169. The van der Waals surface area contributed by atoms with Gasteiger partial charge in [0, 0.05) is 5.69 Å². The van der Waals surface area contributed by atoms with Gasteiger partial charge in [0.25, 0.3) is 0 Å². The van der Waals surface area contributed by atoms with E-state index in [0.29, 0.717) is 11.3 Å². The molecule has 104 valence electrons. The van der Waals surface area contributed by atoms with E-state index < -0.39 is 12.0 Å². The van der Waals surface area contributed by atoms with E-state index in [1.54, 1.807) is 19.1 Å². The fourth-order valence-corrected chi connectivity index (χ4v) is 1.61. The lowest BCUT2D eigenvalue weighted by Gasteiger charge is -2.26. The zero-order valence-electron chi connectivity index (χ0n) is 11.7. The lowest BCUT2D eigenvalue weighted by molar-refractivity contribution is -0.119. The summed E-state index contributed by atoms with van der Waals surface area (Å²) in [7, 11) is 0. The molecule has 0 heterocycles. The molecule has 0 bridgehead atoms. The normalized spacial score (nSPS) is 12.9. The van der Waals surface area contributed by atoms with E-state index in [-0.39, 0.29) is 16.9 Å². The van der Waals surface area contributed by atoms with Crippen LogP contribution >= 0.6 is 0 Å². The van der Waals surface area contributed by atoms with E-state index >= 15 is 0 Å². The minimum atomic E-state index is -1.02. The lowest BCUT2D eigenvalue weighted by Crippen LogP contribution is -2.45. The molecule has 1 amide bonds. The predicted octanol–water partition coefficient (Wildman–Crippen LogP) is 2.01. The molecule has 0 saturated heterocycles. The van der Waals surface area contributed by atoms with Gasteiger partial charge in [-0.25, -0.2) is 4.79 Å². The molecule has 0 fully saturated rings. The smallest absolute Gasteiger partial charge is 0.336 e. The molecule has 0 aromatic heterocycles. The van der Waals surface area contributed by atoms with Crippen molar-refractivity contribution in [2.24, 2.45) is 11.1 Å². The van der Waals surface area contributed by atoms with Crippen molar-refractivity contribution in [3.8, 4) is 0 Å². The van der Waals surface area contributed by atoms with Gasteiger partial charge in [-0.15, -0.1) is 0 Å². The van der Waals surface area contributed by atoms with Crippen LogP contribution in [0.4, 0.5) is 5.69 Å². The Morgan fingerprint density at radius 2 is 1.89 bits per heavy atom. The summed E-state index contributed by atoms with van der Waals surface area (Å²) in [6.07, 6.45) is 0. The zero-order chi connectivity index (χ0) is 14.8. The SMILES string of the molecule is Cc1c(NC(=O)C(N)C(C)(C)C)cccc1C(=O)O. The second-order valence-electron chi connectivity index (χ2n) is 5.62. The van der Waals surface area contributed by atoms with Crippen LogP contribution in [0.3, 0.4) is 0 Å². The van der Waals surface area contributed by atoms with Crippen LogP contribution in [0.1, 0.15) is 36.7 Å². The molecule has 1 aromatic rings. The third-order valence-electron chi connectivity index (χ3n) is 3.04. The molecule has 0 radical (unpaired) electrons. The number of nitrogens with two attached hydrogens (primary N) is 1. The predicted molar refractivity (Wildman–Crippen MR) is 74.2 cm³/mol. The molecule has 0 saturated carbocycles. The van der Waals surface area contributed by atoms with E-state index in [2.05, 4.69) is 5.32 Å². The Morgan fingerprint density at radius 1 is 1.32 bits per heavy atom. The third-order valence-corrected chi connectivity index (χ3v) is 3.04. The lowest BCUT2D eigenvalue weighted by atomic mass is 9.87. The van der Waals surface area contributed by atoms with Crippen molar-refractivity contribution in [2.45, 2.75) is 33.7 Å². The highest BCUT2D eigenvalue weighted by Gasteiger charge is 2.27. The van der Waals surface area contributed by atoms with E-state index in [1.807, 2.05) is 20.8 Å². The van der Waals surface area contributed by atoms with Crippen LogP contribution in [-0.2, 0) is 4.79 Å². The first kappa shape index (κ1) is 15.2. The first-order valence-electron chi connectivity index (χ1n) is 6.04. The van der Waals surface area contributed by atoms with Gasteiger partial charge in [-0.3, -0.25) is 4.79 Å². The molecule has 5 heteroatoms. The summed E-state index contributed by atoms with van der Waals surface area (Å²) in [6, 6.07) is 4.08. The second-order valence-corrected chi connectivity index (χ2v) is 5.62. The highest BCUT2D eigenvalue weighted by molar-refractivity contribution is 5.98. The Balaban J connectivity index is 2.98. The van der Waals surface area contributed by atoms with Gasteiger partial charge in [0.15, 0.2) is 0 Å². The summed E-state index contributed by atoms with van der Waals surface area (Å²) in [4.78, 5) is 23.0. The molecular formula is C14H20N2O3. The minimum Gasteiger partial charge on any atom is -0.478 e. The molecule has 19 heavy (non-hydrogen) atoms. The number of benzene rings is 1. The number of carboxylic acid groups (broad SMARTS) is 1. The van der Waals surface area contributed by atoms with E-state index in [9.17, 15) is 9.59 Å². The van der Waals surface area contributed by atoms with Crippen molar-refractivity contribution >= 4 is 17.6 Å². The topological polar surface area (TPSA) is 92.4 Å². The Kier molecular flexibility index (Phi) is 4.32. The molecule has 0 aliphatic rings. The summed E-state index contributed by atoms with van der Waals surface area (Å²) in [6.45, 7) is 7.27. The summed E-state index contributed by atoms with van der Waals surface area (Å²) in [5, 5.41) is 11.7. The molecule has 1 rings (SSSR count). The zero-order valence-corrected chi connectivity index (χ0v) is 11.7. The van der Waals surface area contributed by atoms with Gasteiger partial charge in [-0.2, -0.15) is 0 Å². The number of aromatic carboxylic acids is 1. The maximum absolute atomic E-state index is 12.0. The number of anilines is 1. The van der Waals surface area contributed by atoms with Gasteiger partial charge >= 0.3 is 5.97 Å². The number of carbonyl (C=O) groups excluding carboxylic acids is 1. The van der Waals surface area contributed by atoms with Crippen molar-refractivity contribution < 1.29 is 14.7 Å². The number of rotatable bonds is 3. The Morgan fingerprint density at radius 3 is 2.37 bits per heavy atom. The number of carboxylic acids is 1. The first-order chi connectivity index (χ1) is 8.64. The second kappa shape index (κ2) is 5.40. The first-order valence-corrected chi connectivity index (χ1v) is 6.04. The third kappa shape index (κ3) is 3.54. The van der Waals surface area contributed by atoms with E-state index in [1.165, 1.54) is 6.07 Å². The standard InChI is InChI=1S/C14H20N2O3/c1-8-9(13(18)19)6-5-7-10(8)16-12(17)11(15)14(2,3)4/h5-7,11H,15H2,1-4H3,(H,16,17)(H,18,19). The quantitative estimate of drug-likeness (QED) is 0.778. The van der Waals surface area contributed by atoms with Crippen molar-refractivity contribution in [1.29, 1.82) is 0 Å². The van der Waals surface area contributed by atoms with Crippen molar-refractivity contribution in [1.82, 2.24) is 0 Å². The maximum atomic E-state index is 12.0. The number of hydrogen-bond donors (Lipinski definition) is 3. The summed E-state index contributed by atoms with van der Waals surface area (Å²) < 4.78 is 0. The molecule has 0 aliphatic heterocycles. The average molecular weight is 264 g/mol. The Hall–Kier alpha value is -1.88.